The van der Waals surface area contributed by atoms with Gasteiger partial charge in [-0.05, 0) is 19.1 Å². The number of hydrogen-bond acceptors (Lipinski definition) is 3. The van der Waals surface area contributed by atoms with E-state index in [0.717, 1.165) is 16.9 Å². The Balaban J connectivity index is 1.92. The molecular formula is C12H15N3O2. The summed E-state index contributed by atoms with van der Waals surface area (Å²) in [6.07, 6.45) is 0.938. The van der Waals surface area contributed by atoms with Gasteiger partial charge in [-0.15, -0.1) is 0 Å². The number of aryl methyl sites for hydroxylation is 1. The zero-order valence-electron chi connectivity index (χ0n) is 9.69. The molecule has 90 valence electrons. The second-order valence-electron chi connectivity index (χ2n) is 3.66. The summed E-state index contributed by atoms with van der Waals surface area (Å²) >= 11 is 0. The number of aromatic nitrogens is 2. The summed E-state index contributed by atoms with van der Waals surface area (Å²) in [4.78, 5) is 23.7. The molecule has 2 aromatic rings. The molecule has 0 atom stereocenters. The fourth-order valence-corrected chi connectivity index (χ4v) is 1.56. The quantitative estimate of drug-likeness (QED) is 0.770. The summed E-state index contributed by atoms with van der Waals surface area (Å²) in [5.41, 5.74) is 4.27. The maximum atomic E-state index is 11.3. The molecule has 17 heavy (non-hydrogen) atoms. The van der Waals surface area contributed by atoms with Crippen LogP contribution in [0, 0.1) is 0 Å². The number of nitrogens with zero attached hydrogens (tertiary/aromatic N) is 1. The Morgan fingerprint density at radius 3 is 3.06 bits per heavy atom. The number of carbonyl (C=O) groups excluding carboxylic acids is 1. The molecule has 0 radical (unpaired) electrons. The second-order valence-corrected chi connectivity index (χ2v) is 3.66. The van der Waals surface area contributed by atoms with Crippen LogP contribution in [-0.4, -0.2) is 22.5 Å². The summed E-state index contributed by atoms with van der Waals surface area (Å²) in [5.74, 6) is 0.685. The molecule has 5 heteroatoms. The Morgan fingerprint density at radius 1 is 1.47 bits per heavy atom. The van der Waals surface area contributed by atoms with Crippen LogP contribution < -0.4 is 5.48 Å². The van der Waals surface area contributed by atoms with Crippen molar-refractivity contribution in [1.29, 1.82) is 0 Å². The average Bonchev–Trinajstić information content (AvgIpc) is 2.76. The van der Waals surface area contributed by atoms with Crippen molar-refractivity contribution in [2.45, 2.75) is 19.8 Å². The Kier molecular flexibility index (Phi) is 3.72. The van der Waals surface area contributed by atoms with Gasteiger partial charge in [0.15, 0.2) is 0 Å². The van der Waals surface area contributed by atoms with Gasteiger partial charge >= 0.3 is 0 Å². The van der Waals surface area contributed by atoms with Crippen molar-refractivity contribution in [2.24, 2.45) is 0 Å². The molecule has 0 aliphatic carbocycles. The number of hydrogen-bond donors (Lipinski definition) is 2. The van der Waals surface area contributed by atoms with Crippen LogP contribution in [0.1, 0.15) is 19.2 Å². The lowest BCUT2D eigenvalue weighted by molar-refractivity contribution is -0.133. The highest BCUT2D eigenvalue weighted by molar-refractivity contribution is 5.76. The van der Waals surface area contributed by atoms with Crippen molar-refractivity contribution < 1.29 is 9.63 Å². The van der Waals surface area contributed by atoms with Crippen LogP contribution in [-0.2, 0) is 16.1 Å². The lowest BCUT2D eigenvalue weighted by atomic mass is 10.3. The molecule has 0 aliphatic rings. The molecule has 1 heterocycles. The van der Waals surface area contributed by atoms with E-state index in [1.165, 1.54) is 0 Å². The summed E-state index contributed by atoms with van der Waals surface area (Å²) in [7, 11) is 0. The van der Waals surface area contributed by atoms with Crippen LogP contribution in [0.15, 0.2) is 24.3 Å². The first-order chi connectivity index (χ1) is 8.29. The van der Waals surface area contributed by atoms with E-state index in [1.807, 2.05) is 31.2 Å². The first kappa shape index (κ1) is 11.6. The van der Waals surface area contributed by atoms with Crippen molar-refractivity contribution in [3.05, 3.63) is 30.1 Å². The van der Waals surface area contributed by atoms with E-state index in [1.54, 1.807) is 0 Å². The van der Waals surface area contributed by atoms with Crippen LogP contribution >= 0.6 is 0 Å². The summed E-state index contributed by atoms with van der Waals surface area (Å²) in [5, 5.41) is 0. The number of nitrogens with one attached hydrogen (secondary N) is 2. The number of hydroxylamine groups is 1. The van der Waals surface area contributed by atoms with Crippen LogP contribution in [0.2, 0.25) is 0 Å². The standard InChI is InChI=1S/C12H15N3O2/c1-2-17-15-12(16)8-7-11-13-9-5-3-4-6-10(9)14-11/h3-6H,2,7-8H2,1H3,(H,13,14)(H,15,16). The predicted octanol–water partition coefficient (Wildman–Crippen LogP) is 1.56. The first-order valence-corrected chi connectivity index (χ1v) is 5.64. The molecule has 2 rings (SSSR count). The fourth-order valence-electron chi connectivity index (χ4n) is 1.56. The topological polar surface area (TPSA) is 67.0 Å². The Bertz CT molecular complexity index is 474. The van der Waals surface area contributed by atoms with Crippen molar-refractivity contribution in [2.75, 3.05) is 6.61 Å². The van der Waals surface area contributed by atoms with Gasteiger partial charge < -0.3 is 4.98 Å². The van der Waals surface area contributed by atoms with E-state index in [-0.39, 0.29) is 5.91 Å². The second kappa shape index (κ2) is 5.45. The third-order valence-corrected chi connectivity index (χ3v) is 2.36. The van der Waals surface area contributed by atoms with E-state index < -0.39 is 0 Å². The molecule has 0 aliphatic heterocycles. The highest BCUT2D eigenvalue weighted by Crippen LogP contribution is 2.11. The van der Waals surface area contributed by atoms with Gasteiger partial charge in [-0.25, -0.2) is 10.5 Å². The van der Waals surface area contributed by atoms with Crippen molar-refractivity contribution in [3.63, 3.8) is 0 Å². The third-order valence-electron chi connectivity index (χ3n) is 2.36. The third kappa shape index (κ3) is 3.04. The van der Waals surface area contributed by atoms with Crippen LogP contribution in [0.4, 0.5) is 0 Å². The summed E-state index contributed by atoms with van der Waals surface area (Å²) in [6, 6.07) is 7.79. The van der Waals surface area contributed by atoms with Crippen molar-refractivity contribution in [3.8, 4) is 0 Å². The van der Waals surface area contributed by atoms with Gasteiger partial charge in [0.05, 0.1) is 17.6 Å². The molecule has 0 unspecified atom stereocenters. The molecular weight excluding hydrogens is 218 g/mol. The molecule has 5 nitrogen and oxygen atoms in total. The number of rotatable bonds is 5. The Hall–Kier alpha value is -1.88. The number of H-pyrrole nitrogens is 1. The summed E-state index contributed by atoms with van der Waals surface area (Å²) in [6.45, 7) is 2.29. The molecule has 0 spiro atoms. The van der Waals surface area contributed by atoms with Crippen molar-refractivity contribution in [1.82, 2.24) is 15.4 Å². The number of amides is 1. The number of imidazole rings is 1. The minimum atomic E-state index is -0.132. The monoisotopic (exact) mass is 233 g/mol. The van der Waals surface area contributed by atoms with E-state index in [0.29, 0.717) is 19.4 Å². The van der Waals surface area contributed by atoms with Crippen molar-refractivity contribution >= 4 is 16.9 Å². The Morgan fingerprint density at radius 2 is 2.29 bits per heavy atom. The smallest absolute Gasteiger partial charge is 0.243 e. The predicted molar refractivity (Wildman–Crippen MR) is 64.2 cm³/mol. The largest absolute Gasteiger partial charge is 0.342 e. The zero-order chi connectivity index (χ0) is 12.1. The van der Waals surface area contributed by atoms with Crippen LogP contribution in [0.3, 0.4) is 0 Å². The molecule has 0 saturated carbocycles. The van der Waals surface area contributed by atoms with Crippen LogP contribution in [0.25, 0.3) is 11.0 Å². The number of carbonyl (C=O) groups is 1. The van der Waals surface area contributed by atoms with Gasteiger partial charge in [0, 0.05) is 12.8 Å². The number of aromatic amines is 1. The van der Waals surface area contributed by atoms with E-state index in [2.05, 4.69) is 15.4 Å². The normalized spacial score (nSPS) is 10.6. The summed E-state index contributed by atoms with van der Waals surface area (Å²) < 4.78 is 0. The number of para-hydroxylation sites is 2. The van der Waals surface area contributed by atoms with E-state index in [9.17, 15) is 4.79 Å². The highest BCUT2D eigenvalue weighted by Gasteiger charge is 2.05. The maximum absolute atomic E-state index is 11.3. The lowest BCUT2D eigenvalue weighted by Gasteiger charge is -2.01. The van der Waals surface area contributed by atoms with Gasteiger partial charge in [-0.1, -0.05) is 12.1 Å². The minimum Gasteiger partial charge on any atom is -0.342 e. The minimum absolute atomic E-state index is 0.132. The molecule has 2 N–H and O–H groups in total. The molecule has 0 fully saturated rings. The average molecular weight is 233 g/mol. The molecule has 0 saturated heterocycles. The zero-order valence-corrected chi connectivity index (χ0v) is 9.69. The highest BCUT2D eigenvalue weighted by atomic mass is 16.6. The van der Waals surface area contributed by atoms with E-state index >= 15 is 0 Å². The van der Waals surface area contributed by atoms with Gasteiger partial charge in [0.2, 0.25) is 5.91 Å². The lowest BCUT2D eigenvalue weighted by Crippen LogP contribution is -2.23. The van der Waals surface area contributed by atoms with Gasteiger partial charge in [0.1, 0.15) is 5.82 Å². The number of fused-ring (bicyclic) bond motifs is 1. The van der Waals surface area contributed by atoms with Gasteiger partial charge in [-0.2, -0.15) is 0 Å². The van der Waals surface area contributed by atoms with E-state index in [4.69, 9.17) is 4.84 Å². The van der Waals surface area contributed by atoms with Crippen LogP contribution in [0.5, 0.6) is 0 Å². The molecule has 1 amide bonds. The SMILES string of the molecule is CCONC(=O)CCc1nc2ccccc2[nH]1. The molecule has 0 bridgehead atoms. The number of benzene rings is 1. The Labute approximate surface area is 99.1 Å². The maximum Gasteiger partial charge on any atom is 0.243 e. The van der Waals surface area contributed by atoms with Gasteiger partial charge in [-0.3, -0.25) is 9.63 Å². The van der Waals surface area contributed by atoms with Gasteiger partial charge in [0.25, 0.3) is 0 Å². The fraction of sp³-hybridized carbons (Fsp3) is 0.333. The molecule has 1 aromatic carbocycles. The molecule has 1 aromatic heterocycles. The first-order valence-electron chi connectivity index (χ1n) is 5.64.